The number of likely N-dealkylation sites (N-methyl/N-ethyl adjacent to an activating group) is 1. The molecule has 1 heterocycles. The lowest BCUT2D eigenvalue weighted by Crippen LogP contribution is -2.57. The average Bonchev–Trinajstić information content (AvgIpc) is 2.95. The van der Waals surface area contributed by atoms with E-state index in [4.69, 9.17) is 14.2 Å². The van der Waals surface area contributed by atoms with Gasteiger partial charge in [0, 0.05) is 12.5 Å². The van der Waals surface area contributed by atoms with Crippen LogP contribution >= 0.6 is 0 Å². The Hall–Kier alpha value is -2.41. The molecule has 7 nitrogen and oxygen atoms in total. The van der Waals surface area contributed by atoms with Crippen LogP contribution in [0.25, 0.3) is 0 Å². The average molecular weight is 377 g/mol. The molecule has 7 heteroatoms. The molecule has 0 aromatic heterocycles. The van der Waals surface area contributed by atoms with Crippen LogP contribution in [0.4, 0.5) is 0 Å². The number of methoxy groups -OCH3 is 1. The highest BCUT2D eigenvalue weighted by Crippen LogP contribution is 2.45. The molecule has 0 N–H and O–H groups in total. The Bertz CT molecular complexity index is 656. The zero-order valence-corrected chi connectivity index (χ0v) is 16.3. The van der Waals surface area contributed by atoms with E-state index in [0.717, 1.165) is 5.56 Å². The fourth-order valence-electron chi connectivity index (χ4n) is 3.91. The molecule has 2 atom stereocenters. The van der Waals surface area contributed by atoms with E-state index in [9.17, 15) is 14.4 Å². The predicted octanol–water partition coefficient (Wildman–Crippen LogP) is 1.44. The molecule has 1 aromatic carbocycles. The predicted molar refractivity (Wildman–Crippen MR) is 97.8 cm³/mol. The number of nitrogens with zero attached hydrogens (tertiary/aromatic N) is 1. The molecule has 1 aromatic rings. The highest BCUT2D eigenvalue weighted by atomic mass is 16.6. The van der Waals surface area contributed by atoms with Crippen LogP contribution in [-0.4, -0.2) is 62.8 Å². The summed E-state index contributed by atoms with van der Waals surface area (Å²) in [5.41, 5.74) is -0.816. The third-order valence-electron chi connectivity index (χ3n) is 5.00. The number of hydrogen-bond acceptors (Lipinski definition) is 7. The first-order chi connectivity index (χ1) is 12.9. The molecular weight excluding hydrogens is 350 g/mol. The number of rotatable bonds is 7. The first-order valence-corrected chi connectivity index (χ1v) is 9.09. The van der Waals surface area contributed by atoms with Crippen LogP contribution in [0.3, 0.4) is 0 Å². The number of carbonyl (C=O) groups is 3. The number of likely N-dealkylation sites (tertiary alicyclic amines) is 1. The maximum absolute atomic E-state index is 13.1. The zero-order chi connectivity index (χ0) is 20.0. The Morgan fingerprint density at radius 2 is 1.63 bits per heavy atom. The summed E-state index contributed by atoms with van der Waals surface area (Å²) in [4.78, 5) is 40.5. The molecule has 0 aliphatic carbocycles. The molecular formula is C20H27NO6. The molecule has 1 aliphatic rings. The molecule has 0 amide bonds. The Morgan fingerprint density at radius 3 is 2.11 bits per heavy atom. The maximum Gasteiger partial charge on any atom is 0.326 e. The number of carbonyl (C=O) groups excluding carboxylic acids is 3. The monoisotopic (exact) mass is 377 g/mol. The van der Waals surface area contributed by atoms with Crippen molar-refractivity contribution in [2.45, 2.75) is 26.3 Å². The van der Waals surface area contributed by atoms with Crippen LogP contribution in [0.2, 0.25) is 0 Å². The standard InChI is InChI=1S/C20H27NO6/c1-5-26-18(23)20(19(24)27-6-2)15(12-14-10-8-7-9-11-14)13-21(3)16(20)17(22)25-4/h7-11,15-16H,5-6,12-13H2,1-4H3/t15-,16+/m0/s1. The smallest absolute Gasteiger partial charge is 0.326 e. The van der Waals surface area contributed by atoms with Crippen LogP contribution in [0.5, 0.6) is 0 Å². The lowest BCUT2D eigenvalue weighted by molar-refractivity contribution is -0.182. The molecule has 0 radical (unpaired) electrons. The van der Waals surface area contributed by atoms with Gasteiger partial charge < -0.3 is 14.2 Å². The quantitative estimate of drug-likeness (QED) is 0.404. The molecule has 0 spiro atoms. The van der Waals surface area contributed by atoms with Crippen LogP contribution < -0.4 is 0 Å². The lowest BCUT2D eigenvalue weighted by Gasteiger charge is -2.34. The number of benzene rings is 1. The second kappa shape index (κ2) is 8.99. The van der Waals surface area contributed by atoms with Gasteiger partial charge in [-0.25, -0.2) is 0 Å². The van der Waals surface area contributed by atoms with E-state index in [1.807, 2.05) is 30.3 Å². The molecule has 0 saturated carbocycles. The minimum absolute atomic E-state index is 0.0929. The molecule has 27 heavy (non-hydrogen) atoms. The third kappa shape index (κ3) is 3.83. The highest BCUT2D eigenvalue weighted by molar-refractivity contribution is 6.06. The van der Waals surface area contributed by atoms with Crippen molar-refractivity contribution in [2.75, 3.05) is 33.9 Å². The Balaban J connectivity index is 2.59. The molecule has 2 rings (SSSR count). The van der Waals surface area contributed by atoms with Gasteiger partial charge in [0.25, 0.3) is 0 Å². The fourth-order valence-corrected chi connectivity index (χ4v) is 3.91. The van der Waals surface area contributed by atoms with Gasteiger partial charge in [0.1, 0.15) is 6.04 Å². The van der Waals surface area contributed by atoms with E-state index in [-0.39, 0.29) is 13.2 Å². The summed E-state index contributed by atoms with van der Waals surface area (Å²) in [5.74, 6) is -2.64. The van der Waals surface area contributed by atoms with Crippen LogP contribution in [0.1, 0.15) is 19.4 Å². The lowest BCUT2D eigenvalue weighted by atomic mass is 9.70. The highest BCUT2D eigenvalue weighted by Gasteiger charge is 2.68. The summed E-state index contributed by atoms with van der Waals surface area (Å²) < 4.78 is 15.4. The molecule has 1 fully saturated rings. The summed E-state index contributed by atoms with van der Waals surface area (Å²) in [6.45, 7) is 3.86. The van der Waals surface area contributed by atoms with Crippen molar-refractivity contribution in [2.24, 2.45) is 11.3 Å². The largest absolute Gasteiger partial charge is 0.468 e. The summed E-state index contributed by atoms with van der Waals surface area (Å²) in [6.07, 6.45) is 0.427. The molecule has 148 valence electrons. The van der Waals surface area contributed by atoms with Crippen LogP contribution in [0, 0.1) is 11.3 Å². The van der Waals surface area contributed by atoms with Crippen LogP contribution in [-0.2, 0) is 35.0 Å². The van der Waals surface area contributed by atoms with E-state index in [0.29, 0.717) is 13.0 Å². The molecule has 1 saturated heterocycles. The van der Waals surface area contributed by atoms with Gasteiger partial charge in [0.15, 0.2) is 5.41 Å². The van der Waals surface area contributed by atoms with E-state index < -0.39 is 35.3 Å². The topological polar surface area (TPSA) is 82.1 Å². The number of ether oxygens (including phenoxy) is 3. The first kappa shape index (κ1) is 20.9. The first-order valence-electron chi connectivity index (χ1n) is 9.09. The maximum atomic E-state index is 13.1. The van der Waals surface area contributed by atoms with E-state index in [1.54, 1.807) is 25.8 Å². The van der Waals surface area contributed by atoms with Crippen molar-refractivity contribution < 1.29 is 28.6 Å². The minimum atomic E-state index is -1.77. The molecule has 1 aliphatic heterocycles. The fraction of sp³-hybridized carbons (Fsp3) is 0.550. The SMILES string of the molecule is CCOC(=O)C1(C(=O)OCC)[C@@H](Cc2ccccc2)CN(C)[C@@H]1C(=O)OC. The van der Waals surface area contributed by atoms with Gasteiger partial charge in [-0.1, -0.05) is 30.3 Å². The molecule has 0 unspecified atom stereocenters. The Labute approximate surface area is 159 Å². The molecule has 0 bridgehead atoms. The minimum Gasteiger partial charge on any atom is -0.468 e. The number of hydrogen-bond donors (Lipinski definition) is 0. The van der Waals surface area contributed by atoms with Gasteiger partial charge in [0.2, 0.25) is 0 Å². The van der Waals surface area contributed by atoms with Crippen molar-refractivity contribution in [3.8, 4) is 0 Å². The van der Waals surface area contributed by atoms with Gasteiger partial charge in [0.05, 0.1) is 20.3 Å². The van der Waals surface area contributed by atoms with E-state index >= 15 is 0 Å². The van der Waals surface area contributed by atoms with E-state index in [1.165, 1.54) is 7.11 Å². The number of esters is 3. The zero-order valence-electron chi connectivity index (χ0n) is 16.3. The summed E-state index contributed by atoms with van der Waals surface area (Å²) in [5, 5.41) is 0. The van der Waals surface area contributed by atoms with Gasteiger partial charge in [-0.15, -0.1) is 0 Å². The van der Waals surface area contributed by atoms with Gasteiger partial charge in [-0.2, -0.15) is 0 Å². The summed E-state index contributed by atoms with van der Waals surface area (Å²) in [6, 6.07) is 8.42. The van der Waals surface area contributed by atoms with Crippen molar-refractivity contribution >= 4 is 17.9 Å². The Kier molecular flexibility index (Phi) is 6.96. The van der Waals surface area contributed by atoms with Gasteiger partial charge >= 0.3 is 17.9 Å². The van der Waals surface area contributed by atoms with Crippen molar-refractivity contribution in [3.63, 3.8) is 0 Å². The normalized spacial score (nSPS) is 21.5. The van der Waals surface area contributed by atoms with Crippen LogP contribution in [0.15, 0.2) is 30.3 Å². The van der Waals surface area contributed by atoms with Gasteiger partial charge in [-0.3, -0.25) is 19.3 Å². The third-order valence-corrected chi connectivity index (χ3v) is 5.00. The van der Waals surface area contributed by atoms with E-state index in [2.05, 4.69) is 0 Å². The van der Waals surface area contributed by atoms with Crippen molar-refractivity contribution in [1.29, 1.82) is 0 Å². The Morgan fingerprint density at radius 1 is 1.07 bits per heavy atom. The van der Waals surface area contributed by atoms with Gasteiger partial charge in [-0.05, 0) is 32.9 Å². The second-order valence-corrected chi connectivity index (χ2v) is 6.56. The van der Waals surface area contributed by atoms with Crippen molar-refractivity contribution in [1.82, 2.24) is 4.90 Å². The second-order valence-electron chi connectivity index (χ2n) is 6.56. The summed E-state index contributed by atoms with van der Waals surface area (Å²) in [7, 11) is 2.93. The van der Waals surface area contributed by atoms with Crippen molar-refractivity contribution in [3.05, 3.63) is 35.9 Å². The summed E-state index contributed by atoms with van der Waals surface area (Å²) >= 11 is 0.